The number of hydrogen-bond acceptors (Lipinski definition) is 10. The Morgan fingerprint density at radius 1 is 1.08 bits per heavy atom. The number of rotatable bonds is 9. The van der Waals surface area contributed by atoms with Crippen molar-refractivity contribution in [3.05, 3.63) is 46.5 Å². The van der Waals surface area contributed by atoms with E-state index < -0.39 is 6.03 Å². The SMILES string of the molecule is COCCNC(=O)c1ccccc1NC(=O)Nc1nc2c(s1)CN(c1cc(OC)nc(OC)n1)CC2. The zero-order valence-corrected chi connectivity index (χ0v) is 21.0. The first kappa shape index (κ1) is 25.1. The van der Waals surface area contributed by atoms with Crippen molar-refractivity contribution in [1.82, 2.24) is 20.3 Å². The molecule has 36 heavy (non-hydrogen) atoms. The molecule has 13 heteroatoms. The van der Waals surface area contributed by atoms with Gasteiger partial charge in [0.25, 0.3) is 5.91 Å². The Bertz CT molecular complexity index is 1210. The molecule has 0 aliphatic carbocycles. The average molecular weight is 514 g/mol. The van der Waals surface area contributed by atoms with Gasteiger partial charge in [-0.3, -0.25) is 10.1 Å². The molecule has 2 aromatic heterocycles. The molecule has 1 aromatic carbocycles. The number of hydrogen-bond donors (Lipinski definition) is 3. The quantitative estimate of drug-likeness (QED) is 0.368. The number of aromatic nitrogens is 3. The summed E-state index contributed by atoms with van der Waals surface area (Å²) in [4.78, 5) is 41.4. The van der Waals surface area contributed by atoms with E-state index in [9.17, 15) is 9.59 Å². The van der Waals surface area contributed by atoms with Crippen molar-refractivity contribution in [3.8, 4) is 11.9 Å². The van der Waals surface area contributed by atoms with Gasteiger partial charge in [0.15, 0.2) is 5.13 Å². The predicted molar refractivity (Wildman–Crippen MR) is 135 cm³/mol. The number of thiazole rings is 1. The second kappa shape index (κ2) is 11.6. The second-order valence-corrected chi connectivity index (χ2v) is 8.77. The fraction of sp³-hybridized carbons (Fsp3) is 0.348. The molecule has 0 saturated heterocycles. The molecule has 1 aliphatic heterocycles. The molecule has 3 heterocycles. The summed E-state index contributed by atoms with van der Waals surface area (Å²) in [5.74, 6) is 0.801. The number of amides is 3. The molecule has 0 atom stereocenters. The highest BCUT2D eigenvalue weighted by Crippen LogP contribution is 2.31. The summed E-state index contributed by atoms with van der Waals surface area (Å²) in [5.41, 5.74) is 1.68. The zero-order valence-electron chi connectivity index (χ0n) is 20.2. The van der Waals surface area contributed by atoms with Gasteiger partial charge in [0.1, 0.15) is 5.82 Å². The Kier molecular flexibility index (Phi) is 8.13. The molecule has 0 bridgehead atoms. The molecule has 0 unspecified atom stereocenters. The maximum Gasteiger partial charge on any atom is 0.325 e. The number of urea groups is 1. The van der Waals surface area contributed by atoms with Gasteiger partial charge in [-0.15, -0.1) is 0 Å². The summed E-state index contributed by atoms with van der Waals surface area (Å²) < 4.78 is 15.4. The molecule has 3 amide bonds. The molecule has 0 fully saturated rings. The van der Waals surface area contributed by atoms with Crippen LogP contribution in [0, 0.1) is 0 Å². The Labute approximate surface area is 212 Å². The standard InChI is InChI=1S/C23H27N7O5S/c1-33-11-9-24-20(31)14-6-4-5-7-15(14)25-21(32)29-23-26-16-8-10-30(13-17(16)36-23)18-12-19(34-2)28-22(27-18)35-3/h4-7,12H,8-11,13H2,1-3H3,(H,24,31)(H2,25,26,29,32). The van der Waals surface area contributed by atoms with Crippen LogP contribution in [-0.4, -0.2) is 67.9 Å². The number of carbonyl (C=O) groups is 2. The zero-order chi connectivity index (χ0) is 25.5. The normalized spacial score (nSPS) is 12.5. The van der Waals surface area contributed by atoms with Gasteiger partial charge >= 0.3 is 12.0 Å². The van der Waals surface area contributed by atoms with Gasteiger partial charge < -0.3 is 29.7 Å². The number of para-hydroxylation sites is 1. The largest absolute Gasteiger partial charge is 0.481 e. The molecular weight excluding hydrogens is 486 g/mol. The first-order valence-corrected chi connectivity index (χ1v) is 12.0. The van der Waals surface area contributed by atoms with Crippen molar-refractivity contribution in [1.29, 1.82) is 0 Å². The van der Waals surface area contributed by atoms with Gasteiger partial charge in [0.2, 0.25) is 5.88 Å². The van der Waals surface area contributed by atoms with E-state index in [0.717, 1.165) is 10.6 Å². The van der Waals surface area contributed by atoms with Gasteiger partial charge in [0, 0.05) is 37.6 Å². The van der Waals surface area contributed by atoms with Crippen molar-refractivity contribution in [2.75, 3.05) is 56.6 Å². The lowest BCUT2D eigenvalue weighted by molar-refractivity contribution is 0.0938. The third-order valence-electron chi connectivity index (χ3n) is 5.35. The first-order valence-electron chi connectivity index (χ1n) is 11.2. The van der Waals surface area contributed by atoms with Crippen molar-refractivity contribution >= 4 is 39.9 Å². The van der Waals surface area contributed by atoms with Gasteiger partial charge in [-0.1, -0.05) is 23.5 Å². The van der Waals surface area contributed by atoms with Gasteiger partial charge in [-0.2, -0.15) is 9.97 Å². The molecule has 0 spiro atoms. The fourth-order valence-corrected chi connectivity index (χ4v) is 4.62. The molecule has 0 radical (unpaired) electrons. The molecule has 0 saturated carbocycles. The van der Waals surface area contributed by atoms with Crippen molar-refractivity contribution < 1.29 is 23.8 Å². The lowest BCUT2D eigenvalue weighted by atomic mass is 10.1. The highest BCUT2D eigenvalue weighted by Gasteiger charge is 2.24. The van der Waals surface area contributed by atoms with Crippen LogP contribution < -0.4 is 30.3 Å². The average Bonchev–Trinajstić information content (AvgIpc) is 3.29. The highest BCUT2D eigenvalue weighted by molar-refractivity contribution is 7.15. The minimum Gasteiger partial charge on any atom is -0.481 e. The summed E-state index contributed by atoms with van der Waals surface area (Å²) in [5, 5.41) is 8.74. The van der Waals surface area contributed by atoms with Gasteiger partial charge in [-0.05, 0) is 12.1 Å². The summed E-state index contributed by atoms with van der Waals surface area (Å²) in [6, 6.07) is 8.29. The second-order valence-electron chi connectivity index (χ2n) is 7.69. The van der Waals surface area contributed by atoms with Crippen LogP contribution in [0.5, 0.6) is 11.9 Å². The lowest BCUT2D eigenvalue weighted by Gasteiger charge is -2.27. The van der Waals surface area contributed by atoms with Crippen LogP contribution >= 0.6 is 11.3 Å². The summed E-state index contributed by atoms with van der Waals surface area (Å²) in [6.45, 7) is 2.03. The molecule has 3 aromatic rings. The van der Waals surface area contributed by atoms with Gasteiger partial charge in [0.05, 0.1) is 44.3 Å². The molecule has 12 nitrogen and oxygen atoms in total. The van der Waals surface area contributed by atoms with E-state index in [4.69, 9.17) is 14.2 Å². The van der Waals surface area contributed by atoms with E-state index in [-0.39, 0.29) is 11.9 Å². The maximum atomic E-state index is 12.7. The monoisotopic (exact) mass is 513 g/mol. The summed E-state index contributed by atoms with van der Waals surface area (Å²) in [6.07, 6.45) is 0.689. The van der Waals surface area contributed by atoms with E-state index in [1.807, 2.05) is 0 Å². The van der Waals surface area contributed by atoms with Crippen LogP contribution in [-0.2, 0) is 17.7 Å². The van der Waals surface area contributed by atoms with Crippen LogP contribution in [0.25, 0.3) is 0 Å². The number of nitrogens with zero attached hydrogens (tertiary/aromatic N) is 4. The van der Waals surface area contributed by atoms with E-state index in [0.29, 0.717) is 60.7 Å². The van der Waals surface area contributed by atoms with Crippen LogP contribution in [0.3, 0.4) is 0 Å². The van der Waals surface area contributed by atoms with Crippen LogP contribution in [0.2, 0.25) is 0 Å². The number of methoxy groups -OCH3 is 3. The molecule has 190 valence electrons. The Balaban J connectivity index is 1.41. The Morgan fingerprint density at radius 2 is 1.92 bits per heavy atom. The number of fused-ring (bicyclic) bond motifs is 1. The number of carbonyl (C=O) groups excluding carboxylic acids is 2. The smallest absolute Gasteiger partial charge is 0.325 e. The van der Waals surface area contributed by atoms with Gasteiger partial charge in [-0.25, -0.2) is 9.78 Å². The number of benzene rings is 1. The van der Waals surface area contributed by atoms with Crippen LogP contribution in [0.1, 0.15) is 20.9 Å². The van der Waals surface area contributed by atoms with Crippen molar-refractivity contribution in [2.45, 2.75) is 13.0 Å². The van der Waals surface area contributed by atoms with Crippen molar-refractivity contribution in [3.63, 3.8) is 0 Å². The number of nitrogens with one attached hydrogen (secondary N) is 3. The Hall–Kier alpha value is -3.97. The highest BCUT2D eigenvalue weighted by atomic mass is 32.1. The Morgan fingerprint density at radius 3 is 2.69 bits per heavy atom. The van der Waals surface area contributed by atoms with E-state index in [1.165, 1.54) is 25.6 Å². The van der Waals surface area contributed by atoms with Crippen LogP contribution in [0.4, 0.5) is 21.4 Å². The molecular formula is C23H27N7O5S. The minimum absolute atomic E-state index is 0.228. The number of anilines is 3. The van der Waals surface area contributed by atoms with E-state index in [1.54, 1.807) is 37.4 Å². The maximum absolute atomic E-state index is 12.7. The third-order valence-corrected chi connectivity index (χ3v) is 6.35. The van der Waals surface area contributed by atoms with E-state index in [2.05, 4.69) is 35.8 Å². The molecule has 4 rings (SSSR count). The molecule has 3 N–H and O–H groups in total. The predicted octanol–water partition coefficient (Wildman–Crippen LogP) is 2.53. The first-order chi connectivity index (χ1) is 17.5. The third kappa shape index (κ3) is 5.98. The summed E-state index contributed by atoms with van der Waals surface area (Å²) in [7, 11) is 4.61. The summed E-state index contributed by atoms with van der Waals surface area (Å²) >= 11 is 1.39. The van der Waals surface area contributed by atoms with Crippen molar-refractivity contribution in [2.24, 2.45) is 0 Å². The minimum atomic E-state index is -0.486. The topological polar surface area (TPSA) is 140 Å². The van der Waals surface area contributed by atoms with Crippen LogP contribution in [0.15, 0.2) is 30.3 Å². The number of ether oxygens (including phenoxy) is 3. The lowest BCUT2D eigenvalue weighted by Crippen LogP contribution is -2.30. The van der Waals surface area contributed by atoms with E-state index >= 15 is 0 Å². The molecule has 1 aliphatic rings. The fourth-order valence-electron chi connectivity index (χ4n) is 3.60.